The van der Waals surface area contributed by atoms with Crippen LogP contribution in [0.3, 0.4) is 0 Å². The van der Waals surface area contributed by atoms with Crippen molar-refractivity contribution in [3.63, 3.8) is 0 Å². The van der Waals surface area contributed by atoms with Crippen LogP contribution in [0.5, 0.6) is 0 Å². The molecule has 0 saturated carbocycles. The van der Waals surface area contributed by atoms with Crippen LogP contribution in [-0.2, 0) is 21.3 Å². The highest BCUT2D eigenvalue weighted by Crippen LogP contribution is 2.07. The molecule has 0 aliphatic rings. The quantitative estimate of drug-likeness (QED) is 0.662. The zero-order chi connectivity index (χ0) is 15.0. The fourth-order valence-electron chi connectivity index (χ4n) is 1.69. The molecule has 0 spiro atoms. The molecule has 1 unspecified atom stereocenters. The Kier molecular flexibility index (Phi) is 7.08. The lowest BCUT2D eigenvalue weighted by atomic mass is 10.3. The highest BCUT2D eigenvalue weighted by Gasteiger charge is 2.18. The number of nitrogens with one attached hydrogen (secondary N) is 2. The van der Waals surface area contributed by atoms with Crippen molar-refractivity contribution >= 4 is 10.0 Å². The predicted octanol–water partition coefficient (Wildman–Crippen LogP) is 0.894. The standard InChI is InChI=1S/C13H23N3O3S/c1-4-7-14-8-12-5-6-13(15-9-12)20(17,18)16-11(2)10-19-3/h5-6,9,11,14,16H,4,7-8,10H2,1-3H3. The van der Waals surface area contributed by atoms with E-state index in [-0.39, 0.29) is 11.1 Å². The van der Waals surface area contributed by atoms with Gasteiger partial charge in [0.2, 0.25) is 0 Å². The zero-order valence-electron chi connectivity index (χ0n) is 12.2. The Balaban J connectivity index is 2.66. The van der Waals surface area contributed by atoms with E-state index in [0.29, 0.717) is 13.2 Å². The normalized spacial score (nSPS) is 13.3. The molecule has 1 atom stereocenters. The summed E-state index contributed by atoms with van der Waals surface area (Å²) in [5.74, 6) is 0. The summed E-state index contributed by atoms with van der Waals surface area (Å²) < 4.78 is 31.5. The maximum atomic E-state index is 12.0. The summed E-state index contributed by atoms with van der Waals surface area (Å²) >= 11 is 0. The number of pyridine rings is 1. The molecule has 0 saturated heterocycles. The number of hydrogen-bond acceptors (Lipinski definition) is 5. The first-order chi connectivity index (χ1) is 9.49. The van der Waals surface area contributed by atoms with E-state index >= 15 is 0 Å². The topological polar surface area (TPSA) is 80.3 Å². The summed E-state index contributed by atoms with van der Waals surface area (Å²) in [7, 11) is -2.06. The molecule has 6 nitrogen and oxygen atoms in total. The van der Waals surface area contributed by atoms with Crippen molar-refractivity contribution in [2.24, 2.45) is 0 Å². The number of hydrogen-bond donors (Lipinski definition) is 2. The lowest BCUT2D eigenvalue weighted by molar-refractivity contribution is 0.180. The van der Waals surface area contributed by atoms with Gasteiger partial charge in [-0.05, 0) is 31.5 Å². The van der Waals surface area contributed by atoms with Crippen molar-refractivity contribution in [3.05, 3.63) is 23.9 Å². The summed E-state index contributed by atoms with van der Waals surface area (Å²) in [6.45, 7) is 5.76. The summed E-state index contributed by atoms with van der Waals surface area (Å²) in [5.41, 5.74) is 0.960. The monoisotopic (exact) mass is 301 g/mol. The van der Waals surface area contributed by atoms with Gasteiger partial charge in [-0.2, -0.15) is 0 Å². The van der Waals surface area contributed by atoms with Crippen LogP contribution in [0.25, 0.3) is 0 Å². The second kappa shape index (κ2) is 8.31. The van der Waals surface area contributed by atoms with Crippen molar-refractivity contribution in [2.45, 2.75) is 37.9 Å². The molecule has 2 N–H and O–H groups in total. The first-order valence-electron chi connectivity index (χ1n) is 6.66. The van der Waals surface area contributed by atoms with Gasteiger partial charge in [0.1, 0.15) is 0 Å². The van der Waals surface area contributed by atoms with Gasteiger partial charge in [-0.1, -0.05) is 13.0 Å². The van der Waals surface area contributed by atoms with E-state index in [1.54, 1.807) is 19.2 Å². The third-order valence-corrected chi connectivity index (χ3v) is 4.11. The van der Waals surface area contributed by atoms with E-state index in [9.17, 15) is 8.42 Å². The molecule has 0 amide bonds. The second-order valence-electron chi connectivity index (χ2n) is 4.66. The summed E-state index contributed by atoms with van der Waals surface area (Å²) in [6.07, 6.45) is 2.64. The van der Waals surface area contributed by atoms with Crippen LogP contribution in [0.15, 0.2) is 23.4 Å². The van der Waals surface area contributed by atoms with E-state index in [0.717, 1.165) is 18.5 Å². The Morgan fingerprint density at radius 2 is 2.15 bits per heavy atom. The Morgan fingerprint density at radius 3 is 2.70 bits per heavy atom. The van der Waals surface area contributed by atoms with Gasteiger partial charge >= 0.3 is 0 Å². The highest BCUT2D eigenvalue weighted by atomic mass is 32.2. The maximum Gasteiger partial charge on any atom is 0.258 e. The van der Waals surface area contributed by atoms with Crippen molar-refractivity contribution in [2.75, 3.05) is 20.3 Å². The van der Waals surface area contributed by atoms with Crippen LogP contribution in [0, 0.1) is 0 Å². The van der Waals surface area contributed by atoms with Crippen molar-refractivity contribution in [3.8, 4) is 0 Å². The molecular formula is C13H23N3O3S. The van der Waals surface area contributed by atoms with Gasteiger partial charge in [-0.3, -0.25) is 0 Å². The van der Waals surface area contributed by atoms with Gasteiger partial charge in [-0.15, -0.1) is 0 Å². The van der Waals surface area contributed by atoms with E-state index in [4.69, 9.17) is 4.74 Å². The molecule has 1 rings (SSSR count). The van der Waals surface area contributed by atoms with Crippen molar-refractivity contribution in [1.82, 2.24) is 15.0 Å². The zero-order valence-corrected chi connectivity index (χ0v) is 13.0. The number of sulfonamides is 1. The maximum absolute atomic E-state index is 12.0. The smallest absolute Gasteiger partial charge is 0.258 e. The largest absolute Gasteiger partial charge is 0.383 e. The van der Waals surface area contributed by atoms with Gasteiger partial charge in [0.25, 0.3) is 10.0 Å². The highest BCUT2D eigenvalue weighted by molar-refractivity contribution is 7.89. The summed E-state index contributed by atoms with van der Waals surface area (Å²) in [6, 6.07) is 2.99. The molecule has 7 heteroatoms. The van der Waals surface area contributed by atoms with Crippen LogP contribution in [0.2, 0.25) is 0 Å². The third-order valence-electron chi connectivity index (χ3n) is 2.60. The third kappa shape index (κ3) is 5.54. The van der Waals surface area contributed by atoms with Gasteiger partial charge in [0.15, 0.2) is 5.03 Å². The minimum atomic E-state index is -3.59. The average molecular weight is 301 g/mol. The molecule has 20 heavy (non-hydrogen) atoms. The Labute approximate surface area is 121 Å². The van der Waals surface area contributed by atoms with Gasteiger partial charge in [0.05, 0.1) is 6.61 Å². The van der Waals surface area contributed by atoms with Crippen molar-refractivity contribution in [1.29, 1.82) is 0 Å². The lowest BCUT2D eigenvalue weighted by Gasteiger charge is -2.12. The number of methoxy groups -OCH3 is 1. The molecule has 114 valence electrons. The number of nitrogens with zero attached hydrogens (tertiary/aromatic N) is 1. The van der Waals surface area contributed by atoms with Crippen LogP contribution < -0.4 is 10.0 Å². The number of rotatable bonds is 9. The molecule has 1 aromatic heterocycles. The Morgan fingerprint density at radius 1 is 1.40 bits per heavy atom. The molecular weight excluding hydrogens is 278 g/mol. The van der Waals surface area contributed by atoms with Gasteiger partial charge in [0, 0.05) is 25.9 Å². The van der Waals surface area contributed by atoms with E-state index in [1.807, 2.05) is 0 Å². The second-order valence-corrected chi connectivity index (χ2v) is 6.32. The lowest BCUT2D eigenvalue weighted by Crippen LogP contribution is -2.36. The van der Waals surface area contributed by atoms with Crippen LogP contribution in [0.4, 0.5) is 0 Å². The first-order valence-corrected chi connectivity index (χ1v) is 8.14. The van der Waals surface area contributed by atoms with E-state index in [1.165, 1.54) is 13.2 Å². The Bertz CT molecular complexity index is 488. The molecule has 1 aromatic rings. The fraction of sp³-hybridized carbons (Fsp3) is 0.615. The van der Waals surface area contributed by atoms with E-state index < -0.39 is 10.0 Å². The fourth-order valence-corrected chi connectivity index (χ4v) is 2.85. The molecule has 0 radical (unpaired) electrons. The van der Waals surface area contributed by atoms with Crippen molar-refractivity contribution < 1.29 is 13.2 Å². The molecule has 1 heterocycles. The number of ether oxygens (including phenoxy) is 1. The molecule has 0 aromatic carbocycles. The Hall–Kier alpha value is -1.02. The van der Waals surface area contributed by atoms with Gasteiger partial charge < -0.3 is 10.1 Å². The minimum Gasteiger partial charge on any atom is -0.383 e. The molecule has 0 aliphatic heterocycles. The predicted molar refractivity (Wildman–Crippen MR) is 77.9 cm³/mol. The number of aromatic nitrogens is 1. The van der Waals surface area contributed by atoms with E-state index in [2.05, 4.69) is 21.9 Å². The van der Waals surface area contributed by atoms with Crippen LogP contribution in [0.1, 0.15) is 25.8 Å². The van der Waals surface area contributed by atoms with Crippen LogP contribution in [-0.4, -0.2) is 39.7 Å². The minimum absolute atomic E-state index is 0.0275. The summed E-state index contributed by atoms with van der Waals surface area (Å²) in [5, 5.41) is 3.26. The SMILES string of the molecule is CCCNCc1ccc(S(=O)(=O)NC(C)COC)nc1. The molecule has 0 fully saturated rings. The molecule has 0 aliphatic carbocycles. The van der Waals surface area contributed by atoms with Gasteiger partial charge in [-0.25, -0.2) is 18.1 Å². The average Bonchev–Trinajstić information content (AvgIpc) is 2.39. The first kappa shape index (κ1) is 17.0. The summed E-state index contributed by atoms with van der Waals surface area (Å²) in [4.78, 5) is 4.01. The molecule has 0 bridgehead atoms. The van der Waals surface area contributed by atoms with Crippen LogP contribution >= 0.6 is 0 Å².